The highest BCUT2D eigenvalue weighted by molar-refractivity contribution is 9.10. The van der Waals surface area contributed by atoms with E-state index in [1.54, 1.807) is 6.20 Å². The number of benzene rings is 1. The largest absolute Gasteiger partial charge is 0.369 e. The van der Waals surface area contributed by atoms with Crippen molar-refractivity contribution in [2.45, 2.75) is 6.54 Å². The third kappa shape index (κ3) is 3.08. The van der Waals surface area contributed by atoms with Gasteiger partial charge >= 0.3 is 0 Å². The second kappa shape index (κ2) is 5.65. The first kappa shape index (κ1) is 12.6. The van der Waals surface area contributed by atoms with Crippen molar-refractivity contribution in [3.8, 4) is 6.07 Å². The lowest BCUT2D eigenvalue weighted by Gasteiger charge is -2.19. The van der Waals surface area contributed by atoms with Crippen LogP contribution in [0.25, 0.3) is 0 Å². The van der Waals surface area contributed by atoms with Gasteiger partial charge in [-0.2, -0.15) is 5.26 Å². The lowest BCUT2D eigenvalue weighted by molar-refractivity contribution is 0.916. The van der Waals surface area contributed by atoms with E-state index in [-0.39, 0.29) is 0 Å². The van der Waals surface area contributed by atoms with E-state index >= 15 is 0 Å². The van der Waals surface area contributed by atoms with Crippen LogP contribution in [0.15, 0.2) is 47.2 Å². The van der Waals surface area contributed by atoms with Crippen LogP contribution in [0.5, 0.6) is 0 Å². The molecule has 0 saturated heterocycles. The highest BCUT2D eigenvalue weighted by Crippen LogP contribution is 2.19. The fourth-order valence-corrected chi connectivity index (χ4v) is 2.07. The molecule has 0 aliphatic rings. The maximum absolute atomic E-state index is 8.87. The van der Waals surface area contributed by atoms with Crippen LogP contribution in [0.3, 0.4) is 0 Å². The second-order valence-electron chi connectivity index (χ2n) is 4.03. The summed E-state index contributed by atoms with van der Waals surface area (Å²) < 4.78 is 0.956. The summed E-state index contributed by atoms with van der Waals surface area (Å²) in [4.78, 5) is 6.23. The summed E-state index contributed by atoms with van der Waals surface area (Å²) >= 11 is 3.41. The monoisotopic (exact) mass is 301 g/mol. The Bertz CT molecular complexity index is 590. The first-order valence-corrected chi connectivity index (χ1v) is 6.29. The SMILES string of the molecule is CN(Cc1cccc(C#N)c1)c1cncc(Br)c1. The average molecular weight is 302 g/mol. The van der Waals surface area contributed by atoms with Crippen LogP contribution in [0.2, 0.25) is 0 Å². The molecule has 0 saturated carbocycles. The summed E-state index contributed by atoms with van der Waals surface area (Å²) in [6.45, 7) is 0.744. The number of hydrogen-bond acceptors (Lipinski definition) is 3. The van der Waals surface area contributed by atoms with Crippen molar-refractivity contribution in [2.75, 3.05) is 11.9 Å². The molecule has 0 amide bonds. The third-order valence-electron chi connectivity index (χ3n) is 2.61. The normalized spacial score (nSPS) is 9.83. The van der Waals surface area contributed by atoms with Gasteiger partial charge in [0.2, 0.25) is 0 Å². The van der Waals surface area contributed by atoms with Crippen LogP contribution in [0.4, 0.5) is 5.69 Å². The minimum Gasteiger partial charge on any atom is -0.369 e. The van der Waals surface area contributed by atoms with Gasteiger partial charge in [0.05, 0.1) is 23.5 Å². The Morgan fingerprint density at radius 2 is 2.17 bits per heavy atom. The number of hydrogen-bond donors (Lipinski definition) is 0. The molecule has 0 unspecified atom stereocenters. The van der Waals surface area contributed by atoms with Crippen LogP contribution in [0.1, 0.15) is 11.1 Å². The molecular weight excluding hydrogens is 290 g/mol. The zero-order valence-electron chi connectivity index (χ0n) is 9.97. The van der Waals surface area contributed by atoms with E-state index in [4.69, 9.17) is 5.26 Å². The molecule has 2 aromatic rings. The Morgan fingerprint density at radius 3 is 2.89 bits per heavy atom. The lowest BCUT2D eigenvalue weighted by atomic mass is 10.1. The van der Waals surface area contributed by atoms with Crippen molar-refractivity contribution in [3.05, 3.63) is 58.3 Å². The molecule has 0 aliphatic heterocycles. The first-order chi connectivity index (χ1) is 8.69. The van der Waals surface area contributed by atoms with Crippen LogP contribution in [-0.4, -0.2) is 12.0 Å². The molecule has 18 heavy (non-hydrogen) atoms. The molecule has 0 fully saturated rings. The zero-order valence-corrected chi connectivity index (χ0v) is 11.6. The Labute approximate surface area is 115 Å². The number of rotatable bonds is 3. The molecule has 2 rings (SSSR count). The Morgan fingerprint density at radius 1 is 1.33 bits per heavy atom. The third-order valence-corrected chi connectivity index (χ3v) is 3.04. The summed E-state index contributed by atoms with van der Waals surface area (Å²) in [5, 5.41) is 8.87. The molecule has 0 spiro atoms. The van der Waals surface area contributed by atoms with Gasteiger partial charge in [-0.1, -0.05) is 12.1 Å². The zero-order chi connectivity index (χ0) is 13.0. The Balaban J connectivity index is 2.16. The maximum Gasteiger partial charge on any atom is 0.0991 e. The van der Waals surface area contributed by atoms with Gasteiger partial charge in [-0.15, -0.1) is 0 Å². The van der Waals surface area contributed by atoms with E-state index in [1.165, 1.54) is 0 Å². The number of halogens is 1. The predicted molar refractivity (Wildman–Crippen MR) is 75.2 cm³/mol. The molecule has 1 aromatic heterocycles. The van der Waals surface area contributed by atoms with Crippen LogP contribution < -0.4 is 4.90 Å². The van der Waals surface area contributed by atoms with Gasteiger partial charge in [-0.3, -0.25) is 4.98 Å². The molecular formula is C14H12BrN3. The lowest BCUT2D eigenvalue weighted by Crippen LogP contribution is -2.16. The molecule has 3 nitrogen and oxygen atoms in total. The van der Waals surface area contributed by atoms with Gasteiger partial charge < -0.3 is 4.90 Å². The van der Waals surface area contributed by atoms with Crippen molar-refractivity contribution in [2.24, 2.45) is 0 Å². The average Bonchev–Trinajstić information content (AvgIpc) is 2.39. The van der Waals surface area contributed by atoms with Gasteiger partial charge in [0.1, 0.15) is 0 Å². The van der Waals surface area contributed by atoms with Gasteiger partial charge in [0.15, 0.2) is 0 Å². The van der Waals surface area contributed by atoms with Crippen molar-refractivity contribution in [1.29, 1.82) is 5.26 Å². The van der Waals surface area contributed by atoms with Gasteiger partial charge in [-0.05, 0) is 39.7 Å². The first-order valence-electron chi connectivity index (χ1n) is 5.50. The van der Waals surface area contributed by atoms with Crippen molar-refractivity contribution >= 4 is 21.6 Å². The fraction of sp³-hybridized carbons (Fsp3) is 0.143. The number of pyridine rings is 1. The molecule has 1 heterocycles. The van der Waals surface area contributed by atoms with Crippen LogP contribution in [0, 0.1) is 11.3 Å². The van der Waals surface area contributed by atoms with E-state index < -0.39 is 0 Å². The minimum absolute atomic E-state index is 0.688. The number of nitriles is 1. The number of anilines is 1. The minimum atomic E-state index is 0.688. The van der Waals surface area contributed by atoms with Crippen molar-refractivity contribution < 1.29 is 0 Å². The highest BCUT2D eigenvalue weighted by Gasteiger charge is 2.03. The fourth-order valence-electron chi connectivity index (χ4n) is 1.71. The van der Waals surface area contributed by atoms with Crippen LogP contribution in [-0.2, 0) is 6.54 Å². The van der Waals surface area contributed by atoms with E-state index in [1.807, 2.05) is 43.6 Å². The maximum atomic E-state index is 8.87. The Kier molecular flexibility index (Phi) is 3.96. The molecule has 1 aromatic carbocycles. The molecule has 4 heteroatoms. The summed E-state index contributed by atoms with van der Waals surface area (Å²) in [5.41, 5.74) is 2.83. The van der Waals surface area contributed by atoms with E-state index in [0.717, 1.165) is 22.3 Å². The topological polar surface area (TPSA) is 39.9 Å². The molecule has 0 N–H and O–H groups in total. The second-order valence-corrected chi connectivity index (χ2v) is 4.95. The van der Waals surface area contributed by atoms with Crippen molar-refractivity contribution in [1.82, 2.24) is 4.98 Å². The van der Waals surface area contributed by atoms with Gasteiger partial charge in [0, 0.05) is 24.3 Å². The van der Waals surface area contributed by atoms with Gasteiger partial charge in [0.25, 0.3) is 0 Å². The molecule has 0 bridgehead atoms. The predicted octanol–water partition coefficient (Wildman–Crippen LogP) is 3.35. The van der Waals surface area contributed by atoms with Crippen LogP contribution >= 0.6 is 15.9 Å². The standard InChI is InChI=1S/C14H12BrN3/c1-18(14-6-13(15)8-17-9-14)10-12-4-2-3-11(5-12)7-16/h2-6,8-9H,10H2,1H3. The van der Waals surface area contributed by atoms with Gasteiger partial charge in [-0.25, -0.2) is 0 Å². The van der Waals surface area contributed by atoms with E-state index in [0.29, 0.717) is 5.56 Å². The summed E-state index contributed by atoms with van der Waals surface area (Å²) in [6.07, 6.45) is 3.58. The number of aromatic nitrogens is 1. The number of nitrogens with zero attached hydrogens (tertiary/aromatic N) is 3. The molecule has 90 valence electrons. The smallest absolute Gasteiger partial charge is 0.0991 e. The summed E-state index contributed by atoms with van der Waals surface area (Å²) in [5.74, 6) is 0. The molecule has 0 atom stereocenters. The van der Waals surface area contributed by atoms with E-state index in [9.17, 15) is 0 Å². The molecule has 0 radical (unpaired) electrons. The summed E-state index contributed by atoms with van der Waals surface area (Å²) in [7, 11) is 2.00. The van der Waals surface area contributed by atoms with Crippen molar-refractivity contribution in [3.63, 3.8) is 0 Å². The Hall–Kier alpha value is -1.86. The quantitative estimate of drug-likeness (QED) is 0.873. The summed E-state index contributed by atoms with van der Waals surface area (Å²) in [6, 6.07) is 11.8. The molecule has 0 aliphatic carbocycles. The highest BCUT2D eigenvalue weighted by atomic mass is 79.9. The van der Waals surface area contributed by atoms with E-state index in [2.05, 4.69) is 31.9 Å².